The van der Waals surface area contributed by atoms with Gasteiger partial charge in [-0.2, -0.15) is 0 Å². The first-order valence-corrected chi connectivity index (χ1v) is 16.1. The molecule has 0 aliphatic carbocycles. The van der Waals surface area contributed by atoms with E-state index < -0.39 is 0 Å². The molecule has 48 heavy (non-hydrogen) atoms. The largest absolute Gasteiger partial charge is 0.248 e. The van der Waals surface area contributed by atoms with Gasteiger partial charge in [0.2, 0.25) is 0 Å². The first-order chi connectivity index (χ1) is 23.7. The van der Waals surface area contributed by atoms with Gasteiger partial charge in [-0.05, 0) is 69.1 Å². The summed E-state index contributed by atoms with van der Waals surface area (Å²) in [5.74, 6) is 0.642. The fourth-order valence-corrected chi connectivity index (χ4v) is 6.37. The molecule has 4 heteroatoms. The summed E-state index contributed by atoms with van der Waals surface area (Å²) in [5.41, 5.74) is 6.33. The molecule has 0 saturated heterocycles. The average Bonchev–Trinajstić information content (AvgIpc) is 3.18. The molecular formula is C44H28N4. The number of hydrogen-bond acceptors (Lipinski definition) is 4. The molecule has 0 fully saturated rings. The van der Waals surface area contributed by atoms with Crippen molar-refractivity contribution in [1.29, 1.82) is 0 Å². The number of pyridine rings is 1. The number of rotatable bonds is 2. The molecule has 224 valence electrons. The van der Waals surface area contributed by atoms with Crippen LogP contribution in [0.25, 0.3) is 87.9 Å². The summed E-state index contributed by atoms with van der Waals surface area (Å²) < 4.78 is 0. The van der Waals surface area contributed by atoms with Crippen molar-refractivity contribution in [3.63, 3.8) is 0 Å². The molecule has 3 aromatic heterocycles. The number of aromatic nitrogens is 4. The topological polar surface area (TPSA) is 51.6 Å². The molecule has 12 bridgehead atoms. The zero-order chi connectivity index (χ0) is 31.9. The molecule has 0 aliphatic rings. The van der Waals surface area contributed by atoms with E-state index in [4.69, 9.17) is 19.9 Å². The van der Waals surface area contributed by atoms with Gasteiger partial charge in [-0.3, -0.25) is 0 Å². The van der Waals surface area contributed by atoms with Gasteiger partial charge in [-0.25, -0.2) is 19.9 Å². The second-order valence-corrected chi connectivity index (χ2v) is 12.0. The number of benzene rings is 6. The van der Waals surface area contributed by atoms with Crippen LogP contribution in [0.1, 0.15) is 0 Å². The first kappa shape index (κ1) is 27.8. The highest BCUT2D eigenvalue weighted by Crippen LogP contribution is 2.28. The van der Waals surface area contributed by atoms with Gasteiger partial charge in [0, 0.05) is 27.1 Å². The Labute approximate surface area is 277 Å². The van der Waals surface area contributed by atoms with E-state index in [-0.39, 0.29) is 0 Å². The monoisotopic (exact) mass is 612 g/mol. The van der Waals surface area contributed by atoms with Gasteiger partial charge in [0.25, 0.3) is 0 Å². The van der Waals surface area contributed by atoms with Crippen LogP contribution in [0.2, 0.25) is 0 Å². The molecule has 0 saturated carbocycles. The Morgan fingerprint density at radius 2 is 0.646 bits per heavy atom. The van der Waals surface area contributed by atoms with Crippen LogP contribution in [-0.2, 0) is 0 Å². The lowest BCUT2D eigenvalue weighted by atomic mass is 10.0. The lowest BCUT2D eigenvalue weighted by Gasteiger charge is -2.06. The van der Waals surface area contributed by atoms with E-state index in [0.29, 0.717) is 17.1 Å². The summed E-state index contributed by atoms with van der Waals surface area (Å²) in [7, 11) is 0. The minimum Gasteiger partial charge on any atom is -0.248 e. The zero-order valence-corrected chi connectivity index (χ0v) is 26.0. The van der Waals surface area contributed by atoms with E-state index in [1.807, 2.05) is 30.3 Å². The predicted octanol–water partition coefficient (Wildman–Crippen LogP) is 11.2. The number of fused-ring (bicyclic) bond motifs is 18. The van der Waals surface area contributed by atoms with Gasteiger partial charge >= 0.3 is 0 Å². The fourth-order valence-electron chi connectivity index (χ4n) is 6.37. The molecule has 9 aromatic rings. The summed E-state index contributed by atoms with van der Waals surface area (Å²) >= 11 is 0. The summed E-state index contributed by atoms with van der Waals surface area (Å²) in [4.78, 5) is 20.3. The lowest BCUT2D eigenvalue weighted by molar-refractivity contribution is 1.18. The maximum absolute atomic E-state index is 5.26. The molecule has 4 nitrogen and oxygen atoms in total. The SMILES string of the molecule is c1ccc(-c2cc3nc(c2)c2cccc(c2)c2cccc(c2)c2nc(-c4ccccc4)nc(n2)c2cccc(c2)c2cccc3c2)cc1. The smallest absolute Gasteiger partial charge is 0.164 e. The molecule has 0 spiro atoms. The van der Waals surface area contributed by atoms with E-state index >= 15 is 0 Å². The summed E-state index contributed by atoms with van der Waals surface area (Å²) in [6.07, 6.45) is 0. The van der Waals surface area contributed by atoms with E-state index in [1.54, 1.807) is 0 Å². The molecule has 6 aromatic carbocycles. The maximum Gasteiger partial charge on any atom is 0.164 e. The number of nitrogens with zero attached hydrogens (tertiary/aromatic N) is 4. The predicted molar refractivity (Wildman–Crippen MR) is 200 cm³/mol. The van der Waals surface area contributed by atoms with E-state index in [9.17, 15) is 0 Å². The van der Waals surface area contributed by atoms with Crippen LogP contribution in [-0.4, -0.2) is 19.9 Å². The first-order valence-electron chi connectivity index (χ1n) is 16.1. The summed E-state index contributed by atoms with van der Waals surface area (Å²) in [6, 6.07) is 59.1. The minimum absolute atomic E-state index is 0.632. The van der Waals surface area contributed by atoms with Crippen LogP contribution in [0.3, 0.4) is 0 Å². The summed E-state index contributed by atoms with van der Waals surface area (Å²) in [5, 5.41) is 8.30. The van der Waals surface area contributed by atoms with Crippen molar-refractivity contribution < 1.29 is 0 Å². The minimum atomic E-state index is 0.632. The van der Waals surface area contributed by atoms with Crippen LogP contribution in [0.4, 0.5) is 0 Å². The van der Waals surface area contributed by atoms with Crippen molar-refractivity contribution in [3.05, 3.63) is 170 Å². The normalized spacial score (nSPS) is 11.3. The van der Waals surface area contributed by atoms with Crippen LogP contribution in [0.15, 0.2) is 170 Å². The molecule has 0 N–H and O–H groups in total. The Balaban J connectivity index is 1.47. The molecule has 0 unspecified atom stereocenters. The number of hydrogen-bond donors (Lipinski definition) is 0. The highest BCUT2D eigenvalue weighted by molar-refractivity contribution is 5.98. The molecule has 0 atom stereocenters. The summed E-state index contributed by atoms with van der Waals surface area (Å²) in [6.45, 7) is 0. The van der Waals surface area contributed by atoms with Crippen LogP contribution < -0.4 is 0 Å². The molecular weight excluding hydrogens is 585 g/mol. The standard InChI is InChI=1S/C44H28N4/c1-3-11-29(12-4-1)39-27-40-35-19-7-15-31(23-35)33-17-9-21-37(25-33)43-46-42(30-13-5-2-6-14-30)47-44(48-43)38-22-10-18-34(26-38)32-16-8-20-36(24-32)41(28-39)45-40/h1-28H. The Morgan fingerprint density at radius 3 is 1.12 bits per heavy atom. The average molecular weight is 613 g/mol. The van der Waals surface area contributed by atoms with Crippen molar-refractivity contribution >= 4 is 65.4 Å². The Morgan fingerprint density at radius 1 is 0.250 bits per heavy atom. The highest BCUT2D eigenvalue weighted by Gasteiger charge is 2.08. The molecule has 3 heterocycles. The fraction of sp³-hybridized carbons (Fsp3) is 0. The van der Waals surface area contributed by atoms with E-state index in [1.165, 1.54) is 0 Å². The van der Waals surface area contributed by atoms with Gasteiger partial charge in [0.05, 0.1) is 11.0 Å². The third kappa shape index (κ3) is 5.25. The van der Waals surface area contributed by atoms with Crippen molar-refractivity contribution in [2.24, 2.45) is 0 Å². The Hall–Kier alpha value is -6.52. The van der Waals surface area contributed by atoms with Crippen LogP contribution in [0.5, 0.6) is 0 Å². The third-order valence-corrected chi connectivity index (χ3v) is 8.82. The molecule has 0 amide bonds. The molecule has 0 radical (unpaired) electrons. The zero-order valence-electron chi connectivity index (χ0n) is 26.0. The van der Waals surface area contributed by atoms with Crippen molar-refractivity contribution in [1.82, 2.24) is 19.9 Å². The quantitative estimate of drug-likeness (QED) is 0.195. The van der Waals surface area contributed by atoms with Crippen molar-refractivity contribution in [2.75, 3.05) is 0 Å². The van der Waals surface area contributed by atoms with Gasteiger partial charge in [-0.1, -0.05) is 133 Å². The molecule has 9 rings (SSSR count). The second-order valence-electron chi connectivity index (χ2n) is 12.0. The van der Waals surface area contributed by atoms with Gasteiger partial charge in [0.1, 0.15) is 0 Å². The van der Waals surface area contributed by atoms with Crippen molar-refractivity contribution in [3.8, 4) is 22.5 Å². The van der Waals surface area contributed by atoms with E-state index in [0.717, 1.165) is 70.8 Å². The Bertz CT molecular complexity index is 2440. The molecule has 0 aliphatic heterocycles. The second kappa shape index (κ2) is 11.7. The third-order valence-electron chi connectivity index (χ3n) is 8.82. The highest BCUT2D eigenvalue weighted by atomic mass is 15.0. The van der Waals surface area contributed by atoms with Gasteiger partial charge in [-0.15, -0.1) is 0 Å². The van der Waals surface area contributed by atoms with E-state index in [2.05, 4.69) is 140 Å². The van der Waals surface area contributed by atoms with Crippen molar-refractivity contribution in [2.45, 2.75) is 0 Å². The Kier molecular flexibility index (Phi) is 6.76. The van der Waals surface area contributed by atoms with Crippen LogP contribution >= 0.6 is 0 Å². The van der Waals surface area contributed by atoms with Gasteiger partial charge < -0.3 is 0 Å². The maximum atomic E-state index is 5.26. The lowest BCUT2D eigenvalue weighted by Crippen LogP contribution is -1.94. The van der Waals surface area contributed by atoms with Crippen LogP contribution in [0, 0.1) is 0 Å². The van der Waals surface area contributed by atoms with Gasteiger partial charge in [0.15, 0.2) is 17.1 Å².